The van der Waals surface area contributed by atoms with E-state index >= 15 is 0 Å². The Morgan fingerprint density at radius 3 is 3.00 bits per heavy atom. The number of nitrogens with zero attached hydrogens (tertiary/aromatic N) is 1. The zero-order chi connectivity index (χ0) is 9.97. The number of aromatic hydroxyl groups is 1. The van der Waals surface area contributed by atoms with E-state index in [-0.39, 0.29) is 5.75 Å². The molecule has 0 spiro atoms. The molecule has 14 heavy (non-hydrogen) atoms. The van der Waals surface area contributed by atoms with Gasteiger partial charge in [0, 0.05) is 18.0 Å². The monoisotopic (exact) mass is 187 g/mol. The predicted molar refractivity (Wildman–Crippen MR) is 53.2 cm³/mol. The molecule has 0 radical (unpaired) electrons. The number of aldehydes is 1. The molecule has 1 aromatic carbocycles. The first kappa shape index (κ1) is 8.69. The van der Waals surface area contributed by atoms with Crippen molar-refractivity contribution in [1.82, 2.24) is 4.98 Å². The van der Waals surface area contributed by atoms with Crippen molar-refractivity contribution in [2.24, 2.45) is 0 Å². The van der Waals surface area contributed by atoms with E-state index in [0.717, 1.165) is 17.2 Å². The number of hydrogen-bond donors (Lipinski definition) is 1. The summed E-state index contributed by atoms with van der Waals surface area (Å²) in [5, 5.41) is 10.3. The maximum absolute atomic E-state index is 10.4. The third-order valence-corrected chi connectivity index (χ3v) is 2.14. The molecule has 0 fully saturated rings. The van der Waals surface area contributed by atoms with Gasteiger partial charge in [0.05, 0.1) is 0 Å². The largest absolute Gasteiger partial charge is 0.506 e. The van der Waals surface area contributed by atoms with E-state index in [9.17, 15) is 9.90 Å². The van der Waals surface area contributed by atoms with E-state index in [1.807, 2.05) is 6.07 Å². The van der Waals surface area contributed by atoms with Gasteiger partial charge in [0.25, 0.3) is 0 Å². The van der Waals surface area contributed by atoms with Crippen LogP contribution in [0.1, 0.15) is 5.56 Å². The lowest BCUT2D eigenvalue weighted by atomic mass is 10.1. The zero-order valence-corrected chi connectivity index (χ0v) is 7.47. The van der Waals surface area contributed by atoms with Gasteiger partial charge < -0.3 is 9.90 Å². The standard InChI is InChI=1S/C11H9NO2/c13-7-5-8-3-4-10(14)11-9(8)2-1-6-12-11/h1-4,6-7,14H,5H2. The number of pyridine rings is 1. The minimum Gasteiger partial charge on any atom is -0.506 e. The van der Waals surface area contributed by atoms with Crippen molar-refractivity contribution in [3.63, 3.8) is 0 Å². The number of aromatic nitrogens is 1. The number of hydrogen-bond acceptors (Lipinski definition) is 3. The van der Waals surface area contributed by atoms with E-state index in [1.165, 1.54) is 0 Å². The van der Waals surface area contributed by atoms with Crippen LogP contribution >= 0.6 is 0 Å². The molecule has 0 saturated heterocycles. The van der Waals surface area contributed by atoms with Gasteiger partial charge in [-0.2, -0.15) is 0 Å². The number of phenolic OH excluding ortho intramolecular Hbond substituents is 1. The quantitative estimate of drug-likeness (QED) is 0.728. The molecule has 3 heteroatoms. The molecule has 0 aliphatic carbocycles. The van der Waals surface area contributed by atoms with Crippen LogP contribution in [-0.4, -0.2) is 16.4 Å². The van der Waals surface area contributed by atoms with Crippen LogP contribution in [0.3, 0.4) is 0 Å². The van der Waals surface area contributed by atoms with E-state index in [2.05, 4.69) is 4.98 Å². The van der Waals surface area contributed by atoms with Gasteiger partial charge in [0.2, 0.25) is 0 Å². The Morgan fingerprint density at radius 2 is 2.21 bits per heavy atom. The van der Waals surface area contributed by atoms with Crippen LogP contribution in [0.4, 0.5) is 0 Å². The van der Waals surface area contributed by atoms with Gasteiger partial charge in [-0.3, -0.25) is 4.98 Å². The van der Waals surface area contributed by atoms with Crippen molar-refractivity contribution < 1.29 is 9.90 Å². The number of rotatable bonds is 2. The molecule has 0 saturated carbocycles. The Hall–Kier alpha value is -1.90. The van der Waals surface area contributed by atoms with Crippen molar-refractivity contribution in [2.75, 3.05) is 0 Å². The average molecular weight is 187 g/mol. The maximum Gasteiger partial charge on any atom is 0.141 e. The summed E-state index contributed by atoms with van der Waals surface area (Å²) in [6.07, 6.45) is 2.81. The second kappa shape index (κ2) is 3.46. The van der Waals surface area contributed by atoms with Crippen LogP contribution in [0.25, 0.3) is 10.9 Å². The van der Waals surface area contributed by atoms with Crippen molar-refractivity contribution in [3.8, 4) is 5.75 Å². The summed E-state index contributed by atoms with van der Waals surface area (Å²) in [4.78, 5) is 14.5. The van der Waals surface area contributed by atoms with Gasteiger partial charge in [-0.25, -0.2) is 0 Å². The molecule has 2 aromatic rings. The van der Waals surface area contributed by atoms with Crippen molar-refractivity contribution in [1.29, 1.82) is 0 Å². The summed E-state index contributed by atoms with van der Waals surface area (Å²) < 4.78 is 0. The lowest BCUT2D eigenvalue weighted by molar-refractivity contribution is -0.107. The van der Waals surface area contributed by atoms with Crippen LogP contribution in [0.2, 0.25) is 0 Å². The third kappa shape index (κ3) is 1.33. The first-order chi connectivity index (χ1) is 6.83. The Bertz CT molecular complexity index is 480. The van der Waals surface area contributed by atoms with Crippen LogP contribution in [0, 0.1) is 0 Å². The minimum atomic E-state index is 0.148. The Labute approximate surface area is 81.0 Å². The molecule has 0 aliphatic rings. The molecule has 1 N–H and O–H groups in total. The van der Waals surface area contributed by atoms with E-state index < -0.39 is 0 Å². The van der Waals surface area contributed by atoms with Crippen molar-refractivity contribution in [2.45, 2.75) is 6.42 Å². The van der Waals surface area contributed by atoms with E-state index in [0.29, 0.717) is 11.9 Å². The molecule has 0 unspecified atom stereocenters. The number of carbonyl (C=O) groups is 1. The molecule has 0 aliphatic heterocycles. The van der Waals surface area contributed by atoms with Crippen LogP contribution in [0.5, 0.6) is 5.75 Å². The topological polar surface area (TPSA) is 50.2 Å². The molecule has 0 amide bonds. The lowest BCUT2D eigenvalue weighted by Crippen LogP contribution is -1.89. The third-order valence-electron chi connectivity index (χ3n) is 2.14. The zero-order valence-electron chi connectivity index (χ0n) is 7.47. The molecule has 1 heterocycles. The first-order valence-corrected chi connectivity index (χ1v) is 4.32. The van der Waals surface area contributed by atoms with Gasteiger partial charge in [0.1, 0.15) is 17.6 Å². The minimum absolute atomic E-state index is 0.148. The number of carbonyl (C=O) groups excluding carboxylic acids is 1. The van der Waals surface area contributed by atoms with Gasteiger partial charge in [0.15, 0.2) is 0 Å². The van der Waals surface area contributed by atoms with Crippen molar-refractivity contribution >= 4 is 17.2 Å². The Balaban J connectivity index is 2.74. The Morgan fingerprint density at radius 1 is 1.36 bits per heavy atom. The summed E-state index contributed by atoms with van der Waals surface area (Å²) in [5.41, 5.74) is 1.44. The van der Waals surface area contributed by atoms with Gasteiger partial charge in [-0.05, 0) is 17.7 Å². The number of phenols is 1. The second-order valence-electron chi connectivity index (χ2n) is 3.01. The fourth-order valence-electron chi connectivity index (χ4n) is 1.48. The normalized spacial score (nSPS) is 10.3. The van der Waals surface area contributed by atoms with Crippen LogP contribution < -0.4 is 0 Å². The highest BCUT2D eigenvalue weighted by Gasteiger charge is 2.04. The predicted octanol–water partition coefficient (Wildman–Crippen LogP) is 1.68. The van der Waals surface area contributed by atoms with Crippen LogP contribution in [0.15, 0.2) is 30.5 Å². The Kier molecular flexibility index (Phi) is 2.14. The lowest BCUT2D eigenvalue weighted by Gasteiger charge is -2.03. The average Bonchev–Trinajstić information content (AvgIpc) is 2.23. The smallest absolute Gasteiger partial charge is 0.141 e. The van der Waals surface area contributed by atoms with Crippen molar-refractivity contribution in [3.05, 3.63) is 36.0 Å². The fraction of sp³-hybridized carbons (Fsp3) is 0.0909. The summed E-state index contributed by atoms with van der Waals surface area (Å²) in [6.45, 7) is 0. The molecular formula is C11H9NO2. The SMILES string of the molecule is O=CCc1ccc(O)c2ncccc12. The van der Waals surface area contributed by atoms with Gasteiger partial charge >= 0.3 is 0 Å². The highest BCUT2D eigenvalue weighted by atomic mass is 16.3. The number of fused-ring (bicyclic) bond motifs is 1. The van der Waals surface area contributed by atoms with Crippen LogP contribution in [-0.2, 0) is 11.2 Å². The molecule has 0 bridgehead atoms. The second-order valence-corrected chi connectivity index (χ2v) is 3.01. The summed E-state index contributed by atoms with van der Waals surface area (Å²) in [7, 11) is 0. The molecule has 70 valence electrons. The molecular weight excluding hydrogens is 178 g/mol. The van der Waals surface area contributed by atoms with Gasteiger partial charge in [-0.15, -0.1) is 0 Å². The highest BCUT2D eigenvalue weighted by Crippen LogP contribution is 2.25. The fourth-order valence-corrected chi connectivity index (χ4v) is 1.48. The molecule has 0 atom stereocenters. The highest BCUT2D eigenvalue weighted by molar-refractivity contribution is 5.88. The van der Waals surface area contributed by atoms with E-state index in [1.54, 1.807) is 24.4 Å². The van der Waals surface area contributed by atoms with Gasteiger partial charge in [-0.1, -0.05) is 12.1 Å². The maximum atomic E-state index is 10.4. The molecule has 2 rings (SSSR count). The van der Waals surface area contributed by atoms with E-state index in [4.69, 9.17) is 0 Å². The molecule has 3 nitrogen and oxygen atoms in total. The molecule has 1 aromatic heterocycles. The number of benzene rings is 1. The summed E-state index contributed by atoms with van der Waals surface area (Å²) in [5.74, 6) is 0.148. The summed E-state index contributed by atoms with van der Waals surface area (Å²) in [6, 6.07) is 6.94. The summed E-state index contributed by atoms with van der Waals surface area (Å²) >= 11 is 0. The first-order valence-electron chi connectivity index (χ1n) is 4.32.